The maximum absolute atomic E-state index is 3.84. The Morgan fingerprint density at radius 1 is 1.32 bits per heavy atom. The van der Waals surface area contributed by atoms with Crippen molar-refractivity contribution in [1.82, 2.24) is 5.32 Å². The summed E-state index contributed by atoms with van der Waals surface area (Å²) < 4.78 is 0. The second kappa shape index (κ2) is 6.27. The van der Waals surface area contributed by atoms with Crippen molar-refractivity contribution in [1.29, 1.82) is 0 Å². The van der Waals surface area contributed by atoms with Crippen LogP contribution in [0.2, 0.25) is 0 Å². The van der Waals surface area contributed by atoms with E-state index in [-0.39, 0.29) is 0 Å². The van der Waals surface area contributed by atoms with Crippen molar-refractivity contribution in [2.24, 2.45) is 5.92 Å². The molecule has 1 aromatic rings. The summed E-state index contributed by atoms with van der Waals surface area (Å²) in [6.07, 6.45) is 8.45. The van der Waals surface area contributed by atoms with Gasteiger partial charge in [0.25, 0.3) is 0 Å². The van der Waals surface area contributed by atoms with Crippen LogP contribution in [-0.2, 0) is 0 Å². The second-order valence-electron chi connectivity index (χ2n) is 6.11. The lowest BCUT2D eigenvalue weighted by atomic mass is 9.82. The molecular formula is C16H26N2S. The summed E-state index contributed by atoms with van der Waals surface area (Å²) in [6.45, 7) is 4.68. The molecular weight excluding hydrogens is 252 g/mol. The fraction of sp³-hybridized carbons (Fsp3) is 0.750. The van der Waals surface area contributed by atoms with Gasteiger partial charge in [0.05, 0.1) is 0 Å². The minimum Gasteiger partial charge on any atom is -0.365 e. The quantitative estimate of drug-likeness (QED) is 0.902. The van der Waals surface area contributed by atoms with Gasteiger partial charge in [0.2, 0.25) is 0 Å². The van der Waals surface area contributed by atoms with E-state index in [0.717, 1.165) is 12.5 Å². The van der Waals surface area contributed by atoms with Crippen LogP contribution in [-0.4, -0.2) is 25.2 Å². The van der Waals surface area contributed by atoms with Gasteiger partial charge >= 0.3 is 0 Å². The van der Waals surface area contributed by atoms with Gasteiger partial charge in [-0.15, -0.1) is 0 Å². The van der Waals surface area contributed by atoms with Crippen molar-refractivity contribution in [3.8, 4) is 0 Å². The molecule has 1 saturated heterocycles. The van der Waals surface area contributed by atoms with E-state index in [1.165, 1.54) is 50.8 Å². The van der Waals surface area contributed by atoms with E-state index in [9.17, 15) is 0 Å². The highest BCUT2D eigenvalue weighted by Crippen LogP contribution is 2.31. The molecule has 0 radical (unpaired) electrons. The molecule has 1 aliphatic carbocycles. The summed E-state index contributed by atoms with van der Waals surface area (Å²) in [6, 6.07) is 3.67. The summed E-state index contributed by atoms with van der Waals surface area (Å²) in [5.41, 5.74) is 1.44. The average Bonchev–Trinajstić information content (AvgIpc) is 3.01. The van der Waals surface area contributed by atoms with Crippen molar-refractivity contribution in [3.63, 3.8) is 0 Å². The molecule has 0 aromatic carbocycles. The zero-order chi connectivity index (χ0) is 13.1. The van der Waals surface area contributed by atoms with E-state index in [1.54, 1.807) is 0 Å². The third-order valence-corrected chi connectivity index (χ3v) is 5.65. The zero-order valence-electron chi connectivity index (χ0n) is 12.0. The normalized spacial score (nSPS) is 29.6. The van der Waals surface area contributed by atoms with Crippen molar-refractivity contribution in [2.45, 2.75) is 57.5 Å². The highest BCUT2D eigenvalue weighted by molar-refractivity contribution is 7.08. The number of rotatable bonds is 3. The van der Waals surface area contributed by atoms with E-state index in [0.29, 0.717) is 12.1 Å². The smallest absolute Gasteiger partial charge is 0.0478 e. The molecule has 0 spiro atoms. The third-order valence-electron chi connectivity index (χ3n) is 4.98. The van der Waals surface area contributed by atoms with E-state index in [2.05, 4.69) is 34.0 Å². The first-order chi connectivity index (χ1) is 9.38. The van der Waals surface area contributed by atoms with Gasteiger partial charge in [-0.25, -0.2) is 0 Å². The van der Waals surface area contributed by atoms with Gasteiger partial charge in [0, 0.05) is 36.2 Å². The van der Waals surface area contributed by atoms with Crippen LogP contribution in [0.5, 0.6) is 0 Å². The summed E-state index contributed by atoms with van der Waals surface area (Å²) in [5.74, 6) is 0.910. The van der Waals surface area contributed by atoms with Crippen molar-refractivity contribution < 1.29 is 0 Å². The molecule has 2 aliphatic rings. The molecule has 106 valence electrons. The molecule has 1 aliphatic heterocycles. The Labute approximate surface area is 121 Å². The van der Waals surface area contributed by atoms with Crippen molar-refractivity contribution >= 4 is 17.0 Å². The highest BCUT2D eigenvalue weighted by atomic mass is 32.1. The molecule has 2 heterocycles. The largest absolute Gasteiger partial charge is 0.365 e. The zero-order valence-corrected chi connectivity index (χ0v) is 12.8. The number of nitrogens with one attached hydrogen (secondary N) is 1. The molecule has 1 saturated carbocycles. The van der Waals surface area contributed by atoms with Crippen LogP contribution in [0.1, 0.15) is 45.4 Å². The van der Waals surface area contributed by atoms with E-state index in [1.807, 2.05) is 11.3 Å². The van der Waals surface area contributed by atoms with Gasteiger partial charge in [0.1, 0.15) is 0 Å². The van der Waals surface area contributed by atoms with Gasteiger partial charge in [-0.3, -0.25) is 0 Å². The number of hydrogen-bond donors (Lipinski definition) is 1. The molecule has 3 heteroatoms. The summed E-state index contributed by atoms with van der Waals surface area (Å²) >= 11 is 1.82. The Bertz CT molecular complexity index is 370. The van der Waals surface area contributed by atoms with Gasteiger partial charge in [-0.05, 0) is 36.6 Å². The van der Waals surface area contributed by atoms with E-state index < -0.39 is 0 Å². The predicted molar refractivity (Wildman–Crippen MR) is 84.1 cm³/mol. The number of anilines is 1. The molecule has 3 rings (SSSR count). The Morgan fingerprint density at radius 2 is 2.16 bits per heavy atom. The van der Waals surface area contributed by atoms with Crippen LogP contribution >= 0.6 is 11.3 Å². The van der Waals surface area contributed by atoms with E-state index >= 15 is 0 Å². The molecule has 2 atom stereocenters. The fourth-order valence-corrected chi connectivity index (χ4v) is 4.43. The lowest BCUT2D eigenvalue weighted by molar-refractivity contribution is 0.240. The van der Waals surface area contributed by atoms with Crippen LogP contribution in [0.15, 0.2) is 16.8 Å². The summed E-state index contributed by atoms with van der Waals surface area (Å²) in [4.78, 5) is 2.66. The Kier molecular flexibility index (Phi) is 4.44. The van der Waals surface area contributed by atoms with Crippen LogP contribution in [0, 0.1) is 5.92 Å². The van der Waals surface area contributed by atoms with Crippen molar-refractivity contribution in [2.75, 3.05) is 18.0 Å². The third kappa shape index (κ3) is 2.97. The Morgan fingerprint density at radius 3 is 2.84 bits per heavy atom. The first-order valence-electron chi connectivity index (χ1n) is 7.90. The molecule has 19 heavy (non-hydrogen) atoms. The maximum atomic E-state index is 3.84. The number of nitrogens with zero attached hydrogens (tertiary/aromatic N) is 1. The van der Waals surface area contributed by atoms with Crippen LogP contribution in [0.4, 0.5) is 5.69 Å². The fourth-order valence-electron chi connectivity index (χ4n) is 3.78. The second-order valence-corrected chi connectivity index (χ2v) is 6.89. The molecule has 1 N–H and O–H groups in total. The maximum Gasteiger partial charge on any atom is 0.0478 e. The van der Waals surface area contributed by atoms with Crippen molar-refractivity contribution in [3.05, 3.63) is 16.8 Å². The van der Waals surface area contributed by atoms with Gasteiger partial charge in [0.15, 0.2) is 0 Å². The standard InChI is InChI=1S/C16H26N2S/c1-2-14-10-17-16(13-6-4-3-5-7-13)11-18(14)15-8-9-19-12-15/h8-9,12-14,16-17H,2-7,10-11H2,1H3. The highest BCUT2D eigenvalue weighted by Gasteiger charge is 2.32. The van der Waals surface area contributed by atoms with Crippen LogP contribution in [0.25, 0.3) is 0 Å². The van der Waals surface area contributed by atoms with Crippen LogP contribution in [0.3, 0.4) is 0 Å². The first kappa shape index (κ1) is 13.4. The first-order valence-corrected chi connectivity index (χ1v) is 8.85. The van der Waals surface area contributed by atoms with Gasteiger partial charge in [-0.1, -0.05) is 26.2 Å². The van der Waals surface area contributed by atoms with E-state index in [4.69, 9.17) is 0 Å². The van der Waals surface area contributed by atoms with Gasteiger partial charge in [-0.2, -0.15) is 11.3 Å². The molecule has 2 unspecified atom stereocenters. The monoisotopic (exact) mass is 278 g/mol. The summed E-state index contributed by atoms with van der Waals surface area (Å²) in [7, 11) is 0. The topological polar surface area (TPSA) is 15.3 Å². The Hall–Kier alpha value is -0.540. The minimum absolute atomic E-state index is 0.675. The molecule has 2 nitrogen and oxygen atoms in total. The van der Waals surface area contributed by atoms with Crippen LogP contribution < -0.4 is 10.2 Å². The average molecular weight is 278 g/mol. The number of thiophene rings is 1. The molecule has 0 amide bonds. The molecule has 1 aromatic heterocycles. The Balaban J connectivity index is 1.69. The predicted octanol–water partition coefficient (Wildman–Crippen LogP) is 3.89. The van der Waals surface area contributed by atoms with Gasteiger partial charge < -0.3 is 10.2 Å². The number of piperazine rings is 1. The lowest BCUT2D eigenvalue weighted by Crippen LogP contribution is -2.59. The lowest BCUT2D eigenvalue weighted by Gasteiger charge is -2.44. The minimum atomic E-state index is 0.675. The molecule has 2 fully saturated rings. The SMILES string of the molecule is CCC1CNC(C2CCCCC2)CN1c1ccsc1. The molecule has 0 bridgehead atoms. The number of hydrogen-bond acceptors (Lipinski definition) is 3. The summed E-state index contributed by atoms with van der Waals surface area (Å²) in [5, 5.41) is 8.36.